The molecule has 2 heterocycles. The lowest BCUT2D eigenvalue weighted by atomic mass is 10.2. The van der Waals surface area contributed by atoms with Crippen molar-refractivity contribution in [1.82, 2.24) is 14.3 Å². The van der Waals surface area contributed by atoms with Gasteiger partial charge < -0.3 is 4.57 Å². The first kappa shape index (κ1) is 13.4. The second-order valence-corrected chi connectivity index (χ2v) is 5.77. The Morgan fingerprint density at radius 2 is 2.05 bits per heavy atom. The van der Waals surface area contributed by atoms with Crippen molar-refractivity contribution in [2.75, 3.05) is 0 Å². The molecule has 0 unspecified atom stereocenters. The molecule has 0 aliphatic rings. The molecule has 0 bridgehead atoms. The molecule has 0 atom stereocenters. The fraction of sp³-hybridized carbons (Fsp3) is 0.312. The number of hydrogen-bond donors (Lipinski definition) is 0. The normalized spacial score (nSPS) is 11.3. The SMILES string of the molecule is CCc1cc(Cn2ccc3c(Br)cccc32)n(CC)n1. The molecule has 4 heteroatoms. The topological polar surface area (TPSA) is 22.8 Å². The van der Waals surface area contributed by atoms with E-state index < -0.39 is 0 Å². The van der Waals surface area contributed by atoms with Crippen LogP contribution in [0.1, 0.15) is 25.2 Å². The van der Waals surface area contributed by atoms with Crippen LogP contribution < -0.4 is 0 Å². The summed E-state index contributed by atoms with van der Waals surface area (Å²) in [5.41, 5.74) is 3.68. The van der Waals surface area contributed by atoms with E-state index in [1.54, 1.807) is 0 Å². The molecular weight excluding hydrogens is 314 g/mol. The van der Waals surface area contributed by atoms with Gasteiger partial charge in [-0.2, -0.15) is 5.10 Å². The standard InChI is InChI=1S/C16H18BrN3/c1-3-12-10-13(20(4-2)18-12)11-19-9-8-14-15(17)6-5-7-16(14)19/h5-10H,3-4,11H2,1-2H3. The fourth-order valence-corrected chi connectivity index (χ4v) is 3.08. The van der Waals surface area contributed by atoms with Crippen LogP contribution in [0.2, 0.25) is 0 Å². The molecule has 0 amide bonds. The van der Waals surface area contributed by atoms with E-state index >= 15 is 0 Å². The van der Waals surface area contributed by atoms with Crippen LogP contribution in [-0.4, -0.2) is 14.3 Å². The quantitative estimate of drug-likeness (QED) is 0.701. The van der Waals surface area contributed by atoms with E-state index in [1.165, 1.54) is 22.3 Å². The molecule has 2 aromatic heterocycles. The summed E-state index contributed by atoms with van der Waals surface area (Å²) < 4.78 is 5.53. The van der Waals surface area contributed by atoms with Crippen molar-refractivity contribution in [2.24, 2.45) is 0 Å². The highest BCUT2D eigenvalue weighted by Gasteiger charge is 2.09. The summed E-state index contributed by atoms with van der Waals surface area (Å²) in [6.45, 7) is 6.06. The Kier molecular flexibility index (Phi) is 3.66. The van der Waals surface area contributed by atoms with Gasteiger partial charge in [0.1, 0.15) is 0 Å². The fourth-order valence-electron chi connectivity index (χ4n) is 2.59. The van der Waals surface area contributed by atoms with E-state index in [4.69, 9.17) is 0 Å². The zero-order valence-corrected chi connectivity index (χ0v) is 13.4. The number of aryl methyl sites for hydroxylation is 2. The minimum atomic E-state index is 0.862. The molecular formula is C16H18BrN3. The second-order valence-electron chi connectivity index (χ2n) is 4.91. The number of benzene rings is 1. The summed E-state index contributed by atoms with van der Waals surface area (Å²) in [5.74, 6) is 0. The maximum atomic E-state index is 4.62. The van der Waals surface area contributed by atoms with Gasteiger partial charge in [0.05, 0.1) is 17.9 Å². The zero-order chi connectivity index (χ0) is 14.1. The third-order valence-corrected chi connectivity index (χ3v) is 4.36. The number of fused-ring (bicyclic) bond motifs is 1. The van der Waals surface area contributed by atoms with Gasteiger partial charge in [0.2, 0.25) is 0 Å². The van der Waals surface area contributed by atoms with Crippen molar-refractivity contribution >= 4 is 26.8 Å². The van der Waals surface area contributed by atoms with Gasteiger partial charge in [-0.05, 0) is 37.6 Å². The van der Waals surface area contributed by atoms with Crippen molar-refractivity contribution in [3.63, 3.8) is 0 Å². The van der Waals surface area contributed by atoms with Gasteiger partial charge in [0.15, 0.2) is 0 Å². The molecule has 0 radical (unpaired) electrons. The molecule has 0 spiro atoms. The molecule has 20 heavy (non-hydrogen) atoms. The Balaban J connectivity index is 2.01. The minimum Gasteiger partial charge on any atom is -0.341 e. The Labute approximate surface area is 127 Å². The highest BCUT2D eigenvalue weighted by molar-refractivity contribution is 9.10. The van der Waals surface area contributed by atoms with Gasteiger partial charge in [0.25, 0.3) is 0 Å². The number of rotatable bonds is 4. The average Bonchev–Trinajstić information content (AvgIpc) is 3.04. The molecule has 0 aliphatic heterocycles. The largest absolute Gasteiger partial charge is 0.341 e. The van der Waals surface area contributed by atoms with E-state index in [0.717, 1.165) is 24.0 Å². The van der Waals surface area contributed by atoms with Crippen LogP contribution in [0.5, 0.6) is 0 Å². The summed E-state index contributed by atoms with van der Waals surface area (Å²) in [4.78, 5) is 0. The summed E-state index contributed by atoms with van der Waals surface area (Å²) in [5, 5.41) is 5.87. The zero-order valence-electron chi connectivity index (χ0n) is 11.8. The molecule has 3 aromatic rings. The van der Waals surface area contributed by atoms with Crippen molar-refractivity contribution in [1.29, 1.82) is 0 Å². The Bertz CT molecular complexity index is 739. The van der Waals surface area contributed by atoms with Gasteiger partial charge in [-0.3, -0.25) is 4.68 Å². The van der Waals surface area contributed by atoms with Crippen LogP contribution >= 0.6 is 15.9 Å². The molecule has 0 aliphatic carbocycles. The molecule has 0 saturated heterocycles. The van der Waals surface area contributed by atoms with E-state index in [-0.39, 0.29) is 0 Å². The van der Waals surface area contributed by atoms with Gasteiger partial charge in [-0.1, -0.05) is 28.9 Å². The number of aromatic nitrogens is 3. The maximum Gasteiger partial charge on any atom is 0.0645 e. The molecule has 1 aromatic carbocycles. The Morgan fingerprint density at radius 1 is 1.20 bits per heavy atom. The predicted molar refractivity (Wildman–Crippen MR) is 86.0 cm³/mol. The lowest BCUT2D eigenvalue weighted by molar-refractivity contribution is 0.599. The van der Waals surface area contributed by atoms with Crippen molar-refractivity contribution < 1.29 is 0 Å². The number of hydrogen-bond acceptors (Lipinski definition) is 1. The molecule has 0 saturated carbocycles. The lowest BCUT2D eigenvalue weighted by Gasteiger charge is -2.07. The lowest BCUT2D eigenvalue weighted by Crippen LogP contribution is -2.07. The predicted octanol–water partition coefficient (Wildman–Crippen LogP) is 4.23. The van der Waals surface area contributed by atoms with Crippen LogP contribution in [0, 0.1) is 0 Å². The van der Waals surface area contributed by atoms with Crippen molar-refractivity contribution in [3.05, 3.63) is 52.4 Å². The van der Waals surface area contributed by atoms with Crippen molar-refractivity contribution in [2.45, 2.75) is 33.4 Å². The van der Waals surface area contributed by atoms with E-state index in [9.17, 15) is 0 Å². The first-order valence-corrected chi connectivity index (χ1v) is 7.81. The smallest absolute Gasteiger partial charge is 0.0645 e. The summed E-state index contributed by atoms with van der Waals surface area (Å²) in [6.07, 6.45) is 3.13. The summed E-state index contributed by atoms with van der Waals surface area (Å²) in [7, 11) is 0. The third kappa shape index (κ3) is 2.29. The molecule has 104 valence electrons. The Hall–Kier alpha value is -1.55. The van der Waals surface area contributed by atoms with E-state index in [0.29, 0.717) is 0 Å². The van der Waals surface area contributed by atoms with Gasteiger partial charge >= 0.3 is 0 Å². The summed E-state index contributed by atoms with van der Waals surface area (Å²) in [6, 6.07) is 10.7. The van der Waals surface area contributed by atoms with Crippen LogP contribution in [0.3, 0.4) is 0 Å². The summed E-state index contributed by atoms with van der Waals surface area (Å²) >= 11 is 3.61. The van der Waals surface area contributed by atoms with Crippen LogP contribution in [0.15, 0.2) is 41.0 Å². The average molecular weight is 332 g/mol. The van der Waals surface area contributed by atoms with Crippen LogP contribution in [0.25, 0.3) is 10.9 Å². The van der Waals surface area contributed by atoms with Gasteiger partial charge in [-0.25, -0.2) is 0 Å². The van der Waals surface area contributed by atoms with Crippen LogP contribution in [0.4, 0.5) is 0 Å². The number of nitrogens with zero attached hydrogens (tertiary/aromatic N) is 3. The van der Waals surface area contributed by atoms with E-state index in [2.05, 4.69) is 80.7 Å². The van der Waals surface area contributed by atoms with Gasteiger partial charge in [0, 0.05) is 28.1 Å². The molecule has 3 nitrogen and oxygen atoms in total. The third-order valence-electron chi connectivity index (χ3n) is 3.67. The molecule has 0 N–H and O–H groups in total. The van der Waals surface area contributed by atoms with E-state index in [1.807, 2.05) is 0 Å². The first-order chi connectivity index (χ1) is 9.72. The van der Waals surface area contributed by atoms with Gasteiger partial charge in [-0.15, -0.1) is 0 Å². The number of halogens is 1. The molecule has 3 rings (SSSR count). The maximum absolute atomic E-state index is 4.62. The Morgan fingerprint density at radius 3 is 2.80 bits per heavy atom. The first-order valence-electron chi connectivity index (χ1n) is 7.02. The monoisotopic (exact) mass is 331 g/mol. The highest BCUT2D eigenvalue weighted by atomic mass is 79.9. The second kappa shape index (κ2) is 5.44. The van der Waals surface area contributed by atoms with Crippen molar-refractivity contribution in [3.8, 4) is 0 Å². The molecule has 0 fully saturated rings. The van der Waals surface area contributed by atoms with Crippen LogP contribution in [-0.2, 0) is 19.5 Å². The highest BCUT2D eigenvalue weighted by Crippen LogP contribution is 2.25. The minimum absolute atomic E-state index is 0.862.